The zero-order chi connectivity index (χ0) is 25.5. The second kappa shape index (κ2) is 9.48. The SMILES string of the molecule is COc1ccc(-c2nn(-c3ccccc3)cc2C=c2sc3nc(-c4ccc(Cl)cc4)nn3c2=O)cc1Cl. The lowest BCUT2D eigenvalue weighted by atomic mass is 10.1. The second-order valence-corrected chi connectivity index (χ2v) is 9.97. The van der Waals surface area contributed by atoms with Gasteiger partial charge in [0.1, 0.15) is 11.4 Å². The maximum absolute atomic E-state index is 13.2. The molecule has 0 fully saturated rings. The highest BCUT2D eigenvalue weighted by atomic mass is 35.5. The smallest absolute Gasteiger partial charge is 0.291 e. The van der Waals surface area contributed by atoms with Crippen LogP contribution in [0.5, 0.6) is 5.75 Å². The molecule has 0 unspecified atom stereocenters. The number of ether oxygens (including phenoxy) is 1. The normalized spacial score (nSPS) is 11.9. The lowest BCUT2D eigenvalue weighted by molar-refractivity contribution is 0.415. The number of nitrogens with zero attached hydrogens (tertiary/aromatic N) is 5. The van der Waals surface area contributed by atoms with E-state index in [1.165, 1.54) is 15.9 Å². The Kier molecular flexibility index (Phi) is 6.00. The van der Waals surface area contributed by atoms with Crippen molar-refractivity contribution in [3.63, 3.8) is 0 Å². The number of hydrogen-bond acceptors (Lipinski definition) is 6. The molecule has 0 amide bonds. The van der Waals surface area contributed by atoms with E-state index in [1.54, 1.807) is 36.1 Å². The number of hydrogen-bond donors (Lipinski definition) is 0. The number of methoxy groups -OCH3 is 1. The molecule has 37 heavy (non-hydrogen) atoms. The monoisotopic (exact) mass is 545 g/mol. The fourth-order valence-corrected chi connectivity index (χ4v) is 5.22. The van der Waals surface area contributed by atoms with Gasteiger partial charge in [-0.3, -0.25) is 4.79 Å². The summed E-state index contributed by atoms with van der Waals surface area (Å²) in [6.07, 6.45) is 3.70. The van der Waals surface area contributed by atoms with Crippen LogP contribution < -0.4 is 14.8 Å². The van der Waals surface area contributed by atoms with Crippen molar-refractivity contribution in [2.75, 3.05) is 7.11 Å². The molecule has 0 bridgehead atoms. The summed E-state index contributed by atoms with van der Waals surface area (Å²) >= 11 is 13.7. The number of rotatable bonds is 5. The third-order valence-electron chi connectivity index (χ3n) is 5.76. The van der Waals surface area contributed by atoms with Crippen molar-refractivity contribution >= 4 is 45.6 Å². The van der Waals surface area contributed by atoms with Gasteiger partial charge in [0, 0.05) is 27.9 Å². The molecule has 6 aromatic rings. The summed E-state index contributed by atoms with van der Waals surface area (Å²) in [4.78, 5) is 18.3. The van der Waals surface area contributed by atoms with Crippen molar-refractivity contribution in [1.29, 1.82) is 0 Å². The molecule has 0 spiro atoms. The van der Waals surface area contributed by atoms with Gasteiger partial charge in [0.05, 0.1) is 22.4 Å². The number of aromatic nitrogens is 5. The van der Waals surface area contributed by atoms with E-state index in [0.29, 0.717) is 36.8 Å². The zero-order valence-electron chi connectivity index (χ0n) is 19.3. The number of fused-ring (bicyclic) bond motifs is 1. The Balaban J connectivity index is 1.48. The van der Waals surface area contributed by atoms with Crippen LogP contribution in [0.15, 0.2) is 83.8 Å². The first-order valence-electron chi connectivity index (χ1n) is 11.2. The molecule has 10 heteroatoms. The van der Waals surface area contributed by atoms with Gasteiger partial charge in [-0.2, -0.15) is 14.6 Å². The first-order chi connectivity index (χ1) is 18.0. The van der Waals surface area contributed by atoms with Gasteiger partial charge in [-0.05, 0) is 60.7 Å². The summed E-state index contributed by atoms with van der Waals surface area (Å²) in [7, 11) is 1.57. The van der Waals surface area contributed by atoms with Crippen LogP contribution in [0.1, 0.15) is 5.56 Å². The largest absolute Gasteiger partial charge is 0.495 e. The lowest BCUT2D eigenvalue weighted by Crippen LogP contribution is -2.23. The summed E-state index contributed by atoms with van der Waals surface area (Å²) in [6.45, 7) is 0. The average molecular weight is 546 g/mol. The van der Waals surface area contributed by atoms with Crippen LogP contribution in [0.25, 0.3) is 39.4 Å². The van der Waals surface area contributed by atoms with E-state index < -0.39 is 0 Å². The molecule has 0 radical (unpaired) electrons. The standard InChI is InChI=1S/C27H17Cl2N5O2S/c1-36-22-12-9-17(13-21(22)29)24-18(15-33(31-24)20-5-3-2-4-6-20)14-23-26(35)34-27(37-23)30-25(32-34)16-7-10-19(28)11-8-16/h2-15H,1H3. The molecule has 3 aromatic heterocycles. The maximum atomic E-state index is 13.2. The Morgan fingerprint density at radius 2 is 1.70 bits per heavy atom. The molecule has 0 saturated carbocycles. The highest BCUT2D eigenvalue weighted by Gasteiger charge is 2.16. The van der Waals surface area contributed by atoms with Gasteiger partial charge in [0.25, 0.3) is 5.56 Å². The molecule has 0 N–H and O–H groups in total. The summed E-state index contributed by atoms with van der Waals surface area (Å²) in [5, 5.41) is 10.3. The van der Waals surface area contributed by atoms with E-state index in [0.717, 1.165) is 22.4 Å². The minimum absolute atomic E-state index is 0.251. The predicted octanol–water partition coefficient (Wildman–Crippen LogP) is 5.53. The highest BCUT2D eigenvalue weighted by Crippen LogP contribution is 2.32. The van der Waals surface area contributed by atoms with Gasteiger partial charge < -0.3 is 4.74 Å². The second-order valence-electron chi connectivity index (χ2n) is 8.11. The molecule has 3 aromatic carbocycles. The van der Waals surface area contributed by atoms with Gasteiger partial charge in [-0.1, -0.05) is 52.7 Å². The summed E-state index contributed by atoms with van der Waals surface area (Å²) in [5.41, 5.74) is 3.65. The van der Waals surface area contributed by atoms with Crippen molar-refractivity contribution < 1.29 is 4.74 Å². The molecule has 182 valence electrons. The highest BCUT2D eigenvalue weighted by molar-refractivity contribution is 7.15. The number of para-hydroxylation sites is 1. The molecule has 0 atom stereocenters. The number of benzene rings is 3. The third-order valence-corrected chi connectivity index (χ3v) is 7.27. The molecule has 0 saturated heterocycles. The van der Waals surface area contributed by atoms with Gasteiger partial charge in [-0.25, -0.2) is 4.68 Å². The van der Waals surface area contributed by atoms with Gasteiger partial charge in [-0.15, -0.1) is 5.10 Å². The van der Waals surface area contributed by atoms with Crippen LogP contribution in [0.4, 0.5) is 0 Å². The Morgan fingerprint density at radius 1 is 0.946 bits per heavy atom. The van der Waals surface area contributed by atoms with E-state index in [1.807, 2.05) is 60.8 Å². The Morgan fingerprint density at radius 3 is 2.41 bits per heavy atom. The Bertz CT molecular complexity index is 1860. The van der Waals surface area contributed by atoms with Crippen molar-refractivity contribution in [2.24, 2.45) is 0 Å². The molecule has 3 heterocycles. The van der Waals surface area contributed by atoms with Crippen LogP contribution in [0, 0.1) is 0 Å². The van der Waals surface area contributed by atoms with Crippen LogP contribution >= 0.6 is 34.5 Å². The molecule has 0 aliphatic heterocycles. The fourth-order valence-electron chi connectivity index (χ4n) is 3.94. The maximum Gasteiger partial charge on any atom is 0.291 e. The lowest BCUT2D eigenvalue weighted by Gasteiger charge is -2.05. The van der Waals surface area contributed by atoms with Crippen LogP contribution in [-0.2, 0) is 0 Å². The van der Waals surface area contributed by atoms with Crippen LogP contribution in [-0.4, -0.2) is 31.5 Å². The fraction of sp³-hybridized carbons (Fsp3) is 0.0370. The molecule has 6 rings (SSSR count). The Labute approximate surface area is 224 Å². The van der Waals surface area contributed by atoms with E-state index in [4.69, 9.17) is 33.0 Å². The van der Waals surface area contributed by atoms with Crippen LogP contribution in [0.2, 0.25) is 10.0 Å². The minimum Gasteiger partial charge on any atom is -0.495 e. The number of thiazole rings is 1. The minimum atomic E-state index is -0.251. The van der Waals surface area contributed by atoms with Crippen molar-refractivity contribution in [3.05, 3.63) is 109 Å². The molecular formula is C27H17Cl2N5O2S. The molecular weight excluding hydrogens is 529 g/mol. The Hall–Kier alpha value is -3.98. The first kappa shape index (κ1) is 23.4. The average Bonchev–Trinajstić information content (AvgIpc) is 3.60. The summed E-state index contributed by atoms with van der Waals surface area (Å²) in [6, 6.07) is 22.4. The van der Waals surface area contributed by atoms with Crippen LogP contribution in [0.3, 0.4) is 0 Å². The van der Waals surface area contributed by atoms with Crippen molar-refractivity contribution in [3.8, 4) is 34.1 Å². The summed E-state index contributed by atoms with van der Waals surface area (Å²) < 4.78 is 8.89. The van der Waals surface area contributed by atoms with Gasteiger partial charge in [0.15, 0.2) is 5.82 Å². The predicted molar refractivity (Wildman–Crippen MR) is 147 cm³/mol. The van der Waals surface area contributed by atoms with Crippen molar-refractivity contribution in [1.82, 2.24) is 24.4 Å². The van der Waals surface area contributed by atoms with Crippen molar-refractivity contribution in [2.45, 2.75) is 0 Å². The van der Waals surface area contributed by atoms with Gasteiger partial charge in [0.2, 0.25) is 4.96 Å². The quantitative estimate of drug-likeness (QED) is 0.284. The van der Waals surface area contributed by atoms with E-state index in [2.05, 4.69) is 10.1 Å². The number of halogens is 2. The van der Waals surface area contributed by atoms with E-state index >= 15 is 0 Å². The first-order valence-corrected chi connectivity index (χ1v) is 12.7. The van der Waals surface area contributed by atoms with Gasteiger partial charge >= 0.3 is 0 Å². The molecule has 0 aliphatic carbocycles. The zero-order valence-corrected chi connectivity index (χ0v) is 21.6. The molecule has 0 aliphatic rings. The topological polar surface area (TPSA) is 74.3 Å². The summed E-state index contributed by atoms with van der Waals surface area (Å²) in [5.74, 6) is 1.04. The third kappa shape index (κ3) is 4.40. The van der Waals surface area contributed by atoms with E-state index in [-0.39, 0.29) is 5.56 Å². The molecule has 7 nitrogen and oxygen atoms in total. The van der Waals surface area contributed by atoms with E-state index in [9.17, 15) is 4.79 Å².